The van der Waals surface area contributed by atoms with Gasteiger partial charge in [-0.2, -0.15) is 0 Å². The molecular weight excluding hydrogens is 286 g/mol. The minimum absolute atomic E-state index is 0.114. The van der Waals surface area contributed by atoms with Crippen molar-refractivity contribution in [3.63, 3.8) is 0 Å². The standard InChI is InChI=1S/C20H41NO2/c1-2-3-4-5-6-7-8-9-18-10-12-19(13-11-18)14-15-20(21,16-22)17-23/h18-19,22-23H,2-17,21H2,1H3. The third kappa shape index (κ3) is 9.07. The molecule has 1 saturated carbocycles. The van der Waals surface area contributed by atoms with Crippen LogP contribution in [-0.2, 0) is 0 Å². The van der Waals surface area contributed by atoms with E-state index < -0.39 is 5.54 Å². The van der Waals surface area contributed by atoms with Crippen LogP contribution in [0.5, 0.6) is 0 Å². The Hall–Kier alpha value is -0.120. The second kappa shape index (κ2) is 12.3. The maximum Gasteiger partial charge on any atom is 0.0633 e. The van der Waals surface area contributed by atoms with Crippen LogP contribution in [-0.4, -0.2) is 29.0 Å². The molecule has 1 fully saturated rings. The maximum atomic E-state index is 9.26. The van der Waals surface area contributed by atoms with Crippen LogP contribution < -0.4 is 5.73 Å². The zero-order valence-electron chi connectivity index (χ0n) is 15.4. The van der Waals surface area contributed by atoms with Crippen LogP contribution >= 0.6 is 0 Å². The molecule has 4 N–H and O–H groups in total. The van der Waals surface area contributed by atoms with Gasteiger partial charge < -0.3 is 15.9 Å². The summed E-state index contributed by atoms with van der Waals surface area (Å²) in [6, 6.07) is 0. The Labute approximate surface area is 144 Å². The smallest absolute Gasteiger partial charge is 0.0633 e. The van der Waals surface area contributed by atoms with Crippen molar-refractivity contribution in [3.8, 4) is 0 Å². The fourth-order valence-electron chi connectivity index (χ4n) is 3.90. The first-order valence-corrected chi connectivity index (χ1v) is 10.1. The summed E-state index contributed by atoms with van der Waals surface area (Å²) in [7, 11) is 0. The van der Waals surface area contributed by atoms with Crippen LogP contribution in [0.3, 0.4) is 0 Å². The van der Waals surface area contributed by atoms with Crippen molar-refractivity contribution in [1.82, 2.24) is 0 Å². The average Bonchev–Trinajstić information content (AvgIpc) is 2.60. The molecule has 0 spiro atoms. The van der Waals surface area contributed by atoms with E-state index in [1.54, 1.807) is 0 Å². The Morgan fingerprint density at radius 1 is 0.783 bits per heavy atom. The summed E-state index contributed by atoms with van der Waals surface area (Å²) >= 11 is 0. The SMILES string of the molecule is CCCCCCCCCC1CCC(CCC(N)(CO)CO)CC1. The summed E-state index contributed by atoms with van der Waals surface area (Å²) in [6.45, 7) is 2.05. The highest BCUT2D eigenvalue weighted by Crippen LogP contribution is 2.35. The molecular formula is C20H41NO2. The Balaban J connectivity index is 2.02. The second-order valence-corrected chi connectivity index (χ2v) is 8.01. The molecule has 0 saturated heterocycles. The van der Waals surface area contributed by atoms with Crippen molar-refractivity contribution in [2.45, 2.75) is 102 Å². The van der Waals surface area contributed by atoms with Gasteiger partial charge in [0, 0.05) is 0 Å². The van der Waals surface area contributed by atoms with Gasteiger partial charge in [-0.1, -0.05) is 84.0 Å². The molecule has 0 aromatic heterocycles. The minimum Gasteiger partial charge on any atom is -0.394 e. The molecule has 0 unspecified atom stereocenters. The van der Waals surface area contributed by atoms with Gasteiger partial charge in [-0.15, -0.1) is 0 Å². The lowest BCUT2D eigenvalue weighted by atomic mass is 9.76. The van der Waals surface area contributed by atoms with E-state index in [2.05, 4.69) is 6.92 Å². The normalized spacial score (nSPS) is 22.4. The lowest BCUT2D eigenvalue weighted by Gasteiger charge is -2.31. The summed E-state index contributed by atoms with van der Waals surface area (Å²) in [4.78, 5) is 0. The predicted octanol–water partition coefficient (Wildman–Crippen LogP) is 4.40. The van der Waals surface area contributed by atoms with E-state index in [0.29, 0.717) is 0 Å². The van der Waals surface area contributed by atoms with Gasteiger partial charge in [-0.25, -0.2) is 0 Å². The highest BCUT2D eigenvalue weighted by Gasteiger charge is 2.26. The molecule has 0 atom stereocenters. The number of aliphatic hydroxyl groups excluding tert-OH is 2. The maximum absolute atomic E-state index is 9.26. The number of unbranched alkanes of at least 4 members (excludes halogenated alkanes) is 6. The van der Waals surface area contributed by atoms with Gasteiger partial charge in [0.25, 0.3) is 0 Å². The lowest BCUT2D eigenvalue weighted by Crippen LogP contribution is -2.47. The average molecular weight is 328 g/mol. The van der Waals surface area contributed by atoms with Crippen molar-refractivity contribution in [2.24, 2.45) is 17.6 Å². The van der Waals surface area contributed by atoms with E-state index >= 15 is 0 Å². The predicted molar refractivity (Wildman–Crippen MR) is 98.4 cm³/mol. The number of rotatable bonds is 13. The zero-order chi connectivity index (χ0) is 17.0. The van der Waals surface area contributed by atoms with Gasteiger partial charge in [0.05, 0.1) is 18.8 Å². The summed E-state index contributed by atoms with van der Waals surface area (Å²) in [5.74, 6) is 1.70. The number of nitrogens with two attached hydrogens (primary N) is 1. The van der Waals surface area contributed by atoms with Crippen molar-refractivity contribution in [3.05, 3.63) is 0 Å². The Bertz CT molecular complexity index is 271. The molecule has 0 aromatic rings. The summed E-state index contributed by atoms with van der Waals surface area (Å²) < 4.78 is 0. The molecule has 0 amide bonds. The monoisotopic (exact) mass is 327 g/mol. The quantitative estimate of drug-likeness (QED) is 0.439. The van der Waals surface area contributed by atoms with E-state index in [9.17, 15) is 10.2 Å². The molecule has 23 heavy (non-hydrogen) atoms. The van der Waals surface area contributed by atoms with E-state index in [1.165, 1.54) is 77.0 Å². The van der Waals surface area contributed by atoms with E-state index in [-0.39, 0.29) is 13.2 Å². The van der Waals surface area contributed by atoms with Crippen LogP contribution in [0.1, 0.15) is 96.8 Å². The number of hydrogen-bond acceptors (Lipinski definition) is 3. The Morgan fingerprint density at radius 2 is 1.26 bits per heavy atom. The molecule has 0 aliphatic heterocycles. The van der Waals surface area contributed by atoms with Gasteiger partial charge >= 0.3 is 0 Å². The second-order valence-electron chi connectivity index (χ2n) is 8.01. The summed E-state index contributed by atoms with van der Waals surface area (Å²) in [5, 5.41) is 18.5. The molecule has 0 heterocycles. The highest BCUT2D eigenvalue weighted by atomic mass is 16.3. The first-order valence-electron chi connectivity index (χ1n) is 10.1. The lowest BCUT2D eigenvalue weighted by molar-refractivity contribution is 0.104. The largest absolute Gasteiger partial charge is 0.394 e. The van der Waals surface area contributed by atoms with E-state index in [1.807, 2.05) is 0 Å². The molecule has 1 aliphatic carbocycles. The van der Waals surface area contributed by atoms with Gasteiger partial charge in [0.1, 0.15) is 0 Å². The highest BCUT2D eigenvalue weighted by molar-refractivity contribution is 4.84. The molecule has 1 rings (SSSR count). The zero-order valence-corrected chi connectivity index (χ0v) is 15.4. The fourth-order valence-corrected chi connectivity index (χ4v) is 3.90. The number of hydrogen-bond donors (Lipinski definition) is 3. The molecule has 3 heteroatoms. The molecule has 0 aromatic carbocycles. The first-order chi connectivity index (χ1) is 11.1. The Morgan fingerprint density at radius 3 is 1.78 bits per heavy atom. The third-order valence-electron chi connectivity index (χ3n) is 5.86. The van der Waals surface area contributed by atoms with Gasteiger partial charge in [0.15, 0.2) is 0 Å². The van der Waals surface area contributed by atoms with Crippen LogP contribution in [0.25, 0.3) is 0 Å². The minimum atomic E-state index is -0.769. The molecule has 0 radical (unpaired) electrons. The van der Waals surface area contributed by atoms with Gasteiger partial charge in [-0.3, -0.25) is 0 Å². The van der Waals surface area contributed by atoms with Crippen molar-refractivity contribution >= 4 is 0 Å². The topological polar surface area (TPSA) is 66.5 Å². The molecule has 1 aliphatic rings. The Kier molecular flexibility index (Phi) is 11.2. The number of aliphatic hydroxyl groups is 2. The van der Waals surface area contributed by atoms with Crippen molar-refractivity contribution in [1.29, 1.82) is 0 Å². The third-order valence-corrected chi connectivity index (χ3v) is 5.86. The molecule has 138 valence electrons. The van der Waals surface area contributed by atoms with Crippen molar-refractivity contribution < 1.29 is 10.2 Å². The van der Waals surface area contributed by atoms with Gasteiger partial charge in [0.2, 0.25) is 0 Å². The summed E-state index contributed by atoms with van der Waals surface area (Å²) in [6.07, 6.45) is 18.5. The summed E-state index contributed by atoms with van der Waals surface area (Å²) in [5.41, 5.74) is 5.20. The van der Waals surface area contributed by atoms with Crippen molar-refractivity contribution in [2.75, 3.05) is 13.2 Å². The van der Waals surface area contributed by atoms with Crippen LogP contribution in [0.2, 0.25) is 0 Å². The van der Waals surface area contributed by atoms with Gasteiger partial charge in [-0.05, 0) is 24.7 Å². The first kappa shape index (κ1) is 20.9. The molecule has 0 bridgehead atoms. The van der Waals surface area contributed by atoms with E-state index in [4.69, 9.17) is 5.73 Å². The fraction of sp³-hybridized carbons (Fsp3) is 1.00. The molecule has 3 nitrogen and oxygen atoms in total. The van der Waals surface area contributed by atoms with Crippen LogP contribution in [0.15, 0.2) is 0 Å². The van der Waals surface area contributed by atoms with Crippen LogP contribution in [0.4, 0.5) is 0 Å². The van der Waals surface area contributed by atoms with Crippen LogP contribution in [0, 0.1) is 11.8 Å². The van der Waals surface area contributed by atoms with E-state index in [0.717, 1.165) is 24.7 Å².